The minimum atomic E-state index is -0.234. The number of rotatable bonds is 4. The van der Waals surface area contributed by atoms with Crippen molar-refractivity contribution in [2.24, 2.45) is 0 Å². The van der Waals surface area contributed by atoms with Crippen LogP contribution in [0.5, 0.6) is 0 Å². The van der Waals surface area contributed by atoms with Gasteiger partial charge in [-0.1, -0.05) is 43.3 Å². The molecule has 0 saturated carbocycles. The van der Waals surface area contributed by atoms with Gasteiger partial charge in [-0.3, -0.25) is 0 Å². The maximum Gasteiger partial charge on any atom is 0.123 e. The predicted octanol–water partition coefficient (Wildman–Crippen LogP) is 5.17. The summed E-state index contributed by atoms with van der Waals surface area (Å²) in [6, 6.07) is 12.9. The smallest absolute Gasteiger partial charge is 0.123 e. The molecule has 0 N–H and O–H groups in total. The molecule has 0 aromatic heterocycles. The molecule has 0 fully saturated rings. The Morgan fingerprint density at radius 2 is 1.42 bits per heavy atom. The fourth-order valence-electron chi connectivity index (χ4n) is 1.99. The molecule has 0 amide bonds. The van der Waals surface area contributed by atoms with Gasteiger partial charge in [0.05, 0.1) is 0 Å². The van der Waals surface area contributed by atoms with Crippen LogP contribution >= 0.6 is 0 Å². The Morgan fingerprint density at radius 1 is 0.895 bits per heavy atom. The molecule has 0 unspecified atom stereocenters. The largest absolute Gasteiger partial charge is 0.207 e. The molecule has 2 aromatic rings. The van der Waals surface area contributed by atoms with Gasteiger partial charge < -0.3 is 0 Å². The highest BCUT2D eigenvalue weighted by Gasteiger charge is 2.05. The van der Waals surface area contributed by atoms with Crippen LogP contribution in [0.2, 0.25) is 0 Å². The topological polar surface area (TPSA) is 0 Å². The minimum Gasteiger partial charge on any atom is -0.207 e. The van der Waals surface area contributed by atoms with Gasteiger partial charge in [-0.25, -0.2) is 8.78 Å². The van der Waals surface area contributed by atoms with Crippen LogP contribution in [-0.2, 0) is 0 Å². The van der Waals surface area contributed by atoms with Crippen LogP contribution in [0.25, 0.3) is 6.08 Å². The van der Waals surface area contributed by atoms with Crippen molar-refractivity contribution < 1.29 is 8.78 Å². The fraction of sp³-hybridized carbons (Fsp3) is 0.176. The maximum atomic E-state index is 12.9. The number of benzene rings is 2. The maximum absolute atomic E-state index is 12.9. The zero-order chi connectivity index (χ0) is 13.7. The average Bonchev–Trinajstić information content (AvgIpc) is 2.43. The van der Waals surface area contributed by atoms with E-state index in [1.54, 1.807) is 24.3 Å². The number of allylic oxidation sites excluding steroid dienone is 1. The van der Waals surface area contributed by atoms with Gasteiger partial charge in [0.25, 0.3) is 0 Å². The summed E-state index contributed by atoms with van der Waals surface area (Å²) < 4.78 is 25.7. The van der Waals surface area contributed by atoms with E-state index < -0.39 is 0 Å². The fourth-order valence-corrected chi connectivity index (χ4v) is 1.99. The van der Waals surface area contributed by atoms with Crippen molar-refractivity contribution >= 4 is 6.08 Å². The molecule has 0 aliphatic heterocycles. The Kier molecular flexibility index (Phi) is 4.45. The van der Waals surface area contributed by atoms with E-state index in [2.05, 4.69) is 13.0 Å². The zero-order valence-corrected chi connectivity index (χ0v) is 10.8. The van der Waals surface area contributed by atoms with Crippen LogP contribution in [0, 0.1) is 11.6 Å². The van der Waals surface area contributed by atoms with Gasteiger partial charge in [0.15, 0.2) is 0 Å². The molecule has 1 atom stereocenters. The van der Waals surface area contributed by atoms with Gasteiger partial charge in [0.1, 0.15) is 11.6 Å². The highest BCUT2D eigenvalue weighted by molar-refractivity contribution is 5.50. The van der Waals surface area contributed by atoms with Crippen LogP contribution in [0.15, 0.2) is 54.6 Å². The van der Waals surface area contributed by atoms with E-state index in [1.807, 2.05) is 6.08 Å². The van der Waals surface area contributed by atoms with Gasteiger partial charge in [0.2, 0.25) is 0 Å². The van der Waals surface area contributed by atoms with Gasteiger partial charge in [0, 0.05) is 5.92 Å². The van der Waals surface area contributed by atoms with Crippen molar-refractivity contribution in [3.05, 3.63) is 77.4 Å². The van der Waals surface area contributed by atoms with Crippen molar-refractivity contribution in [1.82, 2.24) is 0 Å². The second-order valence-corrected chi connectivity index (χ2v) is 4.48. The lowest BCUT2D eigenvalue weighted by atomic mass is 9.95. The third kappa shape index (κ3) is 3.75. The van der Waals surface area contributed by atoms with Crippen LogP contribution in [0.3, 0.4) is 0 Å². The molecule has 2 heteroatoms. The second-order valence-electron chi connectivity index (χ2n) is 4.48. The summed E-state index contributed by atoms with van der Waals surface area (Å²) in [5.74, 6) is -0.213. The third-order valence-electron chi connectivity index (χ3n) is 3.13. The van der Waals surface area contributed by atoms with Gasteiger partial charge in [-0.2, -0.15) is 0 Å². The number of hydrogen-bond donors (Lipinski definition) is 0. The van der Waals surface area contributed by atoms with Gasteiger partial charge >= 0.3 is 0 Å². The standard InChI is InChI=1S/C17H16F2/c1-2-14(15-7-11-17(19)12-8-15)6-3-13-4-9-16(18)10-5-13/h3-12,14H,2H2,1H3/b6-3+/t14-/m0/s1. The predicted molar refractivity (Wildman–Crippen MR) is 74.9 cm³/mol. The molecule has 19 heavy (non-hydrogen) atoms. The number of halogens is 2. The molecule has 0 bridgehead atoms. The summed E-state index contributed by atoms with van der Waals surface area (Å²) in [4.78, 5) is 0. The average molecular weight is 258 g/mol. The lowest BCUT2D eigenvalue weighted by Gasteiger charge is -2.10. The normalized spacial score (nSPS) is 12.8. The molecule has 0 heterocycles. The van der Waals surface area contributed by atoms with Crippen molar-refractivity contribution in [3.63, 3.8) is 0 Å². The van der Waals surface area contributed by atoms with Crippen molar-refractivity contribution in [1.29, 1.82) is 0 Å². The Hall–Kier alpha value is -1.96. The van der Waals surface area contributed by atoms with E-state index in [0.29, 0.717) is 0 Å². The molecule has 2 rings (SSSR count). The number of hydrogen-bond acceptors (Lipinski definition) is 0. The summed E-state index contributed by atoms with van der Waals surface area (Å²) in [5, 5.41) is 0. The van der Waals surface area contributed by atoms with E-state index in [-0.39, 0.29) is 17.6 Å². The summed E-state index contributed by atoms with van der Waals surface area (Å²) in [6.45, 7) is 2.09. The zero-order valence-electron chi connectivity index (χ0n) is 10.8. The van der Waals surface area contributed by atoms with Crippen LogP contribution < -0.4 is 0 Å². The van der Waals surface area contributed by atoms with E-state index in [1.165, 1.54) is 24.3 Å². The van der Waals surface area contributed by atoms with Crippen molar-refractivity contribution in [3.8, 4) is 0 Å². The SMILES string of the molecule is CC[C@@H](/C=C/c1ccc(F)cc1)c1ccc(F)cc1. The quantitative estimate of drug-likeness (QED) is 0.709. The summed E-state index contributed by atoms with van der Waals surface area (Å²) in [7, 11) is 0. The Bertz CT molecular complexity index is 538. The van der Waals surface area contributed by atoms with Crippen molar-refractivity contribution in [2.75, 3.05) is 0 Å². The van der Waals surface area contributed by atoms with Crippen LogP contribution in [-0.4, -0.2) is 0 Å². The summed E-state index contributed by atoms with van der Waals surface area (Å²) >= 11 is 0. The molecular formula is C17H16F2. The van der Waals surface area contributed by atoms with Gasteiger partial charge in [-0.15, -0.1) is 0 Å². The Labute approximate surface area is 112 Å². The minimum absolute atomic E-state index is 0.221. The van der Waals surface area contributed by atoms with Crippen LogP contribution in [0.1, 0.15) is 30.4 Å². The lowest BCUT2D eigenvalue weighted by Crippen LogP contribution is -1.93. The molecule has 0 aliphatic rings. The Balaban J connectivity index is 2.14. The second kappa shape index (κ2) is 6.28. The molecule has 98 valence electrons. The monoisotopic (exact) mass is 258 g/mol. The lowest BCUT2D eigenvalue weighted by molar-refractivity contribution is 0.626. The Morgan fingerprint density at radius 3 is 1.95 bits per heavy atom. The first-order valence-corrected chi connectivity index (χ1v) is 6.38. The first kappa shape index (κ1) is 13.5. The molecule has 2 aromatic carbocycles. The summed E-state index contributed by atoms with van der Waals surface area (Å²) in [6.07, 6.45) is 4.97. The molecule has 0 aliphatic carbocycles. The third-order valence-corrected chi connectivity index (χ3v) is 3.13. The van der Waals surface area contributed by atoms with E-state index >= 15 is 0 Å². The van der Waals surface area contributed by atoms with Crippen LogP contribution in [0.4, 0.5) is 8.78 Å². The molecule has 0 saturated heterocycles. The molecule has 0 radical (unpaired) electrons. The first-order valence-electron chi connectivity index (χ1n) is 6.38. The summed E-state index contributed by atoms with van der Waals surface area (Å²) in [5.41, 5.74) is 2.05. The van der Waals surface area contributed by atoms with Crippen molar-refractivity contribution in [2.45, 2.75) is 19.3 Å². The highest BCUT2D eigenvalue weighted by Crippen LogP contribution is 2.22. The first-order chi connectivity index (χ1) is 9.19. The molecule has 0 nitrogen and oxygen atoms in total. The molecular weight excluding hydrogens is 242 g/mol. The van der Waals surface area contributed by atoms with E-state index in [9.17, 15) is 8.78 Å². The van der Waals surface area contributed by atoms with Gasteiger partial charge in [-0.05, 0) is 41.8 Å². The van der Waals surface area contributed by atoms with E-state index in [0.717, 1.165) is 17.5 Å². The van der Waals surface area contributed by atoms with E-state index in [4.69, 9.17) is 0 Å². The molecule has 0 spiro atoms. The highest BCUT2D eigenvalue weighted by atomic mass is 19.1.